The highest BCUT2D eigenvalue weighted by molar-refractivity contribution is 9.15. The van der Waals surface area contributed by atoms with Gasteiger partial charge in [-0.2, -0.15) is 0 Å². The van der Waals surface area contributed by atoms with Gasteiger partial charge in [-0.25, -0.2) is 4.98 Å². The molecule has 2 rings (SSSR count). The molecule has 120 valence electrons. The van der Waals surface area contributed by atoms with Gasteiger partial charge in [0, 0.05) is 21.1 Å². The number of nitrogens with zero attached hydrogens (tertiary/aromatic N) is 1. The lowest BCUT2D eigenvalue weighted by atomic mass is 10.3. The molecule has 0 saturated heterocycles. The van der Waals surface area contributed by atoms with Crippen LogP contribution in [0, 0.1) is 0 Å². The predicted octanol–water partition coefficient (Wildman–Crippen LogP) is 6.05. The number of imidazole rings is 1. The normalized spacial score (nSPS) is 11.1. The van der Waals surface area contributed by atoms with Gasteiger partial charge in [0.25, 0.3) is 0 Å². The van der Waals surface area contributed by atoms with Crippen molar-refractivity contribution in [2.45, 2.75) is 24.9 Å². The van der Waals surface area contributed by atoms with Crippen LogP contribution in [-0.2, 0) is 9.53 Å². The first-order chi connectivity index (χ1) is 10.5. The van der Waals surface area contributed by atoms with E-state index in [0.717, 1.165) is 46.3 Å². The second-order valence-corrected chi connectivity index (χ2v) is 8.53. The summed E-state index contributed by atoms with van der Waals surface area (Å²) < 4.78 is 8.56. The first kappa shape index (κ1) is 18.8. The molecule has 0 aliphatic rings. The molecule has 0 radical (unpaired) electrons. The molecule has 9 heteroatoms. The van der Waals surface area contributed by atoms with E-state index in [-0.39, 0.29) is 5.97 Å². The van der Waals surface area contributed by atoms with E-state index in [1.807, 2.05) is 6.92 Å². The highest BCUT2D eigenvalue weighted by atomic mass is 79.9. The lowest BCUT2D eigenvalue weighted by Crippen LogP contribution is -2.03. The van der Waals surface area contributed by atoms with Gasteiger partial charge in [0.2, 0.25) is 0 Å². The van der Waals surface area contributed by atoms with E-state index in [9.17, 15) is 4.79 Å². The zero-order valence-electron chi connectivity index (χ0n) is 11.5. The van der Waals surface area contributed by atoms with E-state index in [1.165, 1.54) is 0 Å². The number of H-pyrrole nitrogens is 1. The number of esters is 1. The number of carbonyl (C=O) groups is 1. The number of hydrogen-bond donors (Lipinski definition) is 1. The molecule has 4 nitrogen and oxygen atoms in total. The van der Waals surface area contributed by atoms with Crippen LogP contribution in [0.5, 0.6) is 0 Å². The minimum atomic E-state index is -0.147. The van der Waals surface area contributed by atoms with Crippen LogP contribution in [0.1, 0.15) is 19.8 Å². The van der Waals surface area contributed by atoms with Gasteiger partial charge in [0.15, 0.2) is 5.16 Å². The Bertz CT molecular complexity index is 660. The van der Waals surface area contributed by atoms with Crippen molar-refractivity contribution in [2.75, 3.05) is 12.4 Å². The number of ether oxygens (including phenoxy) is 1. The molecule has 0 aliphatic carbocycles. The average molecular weight is 580 g/mol. The first-order valence-electron chi connectivity index (χ1n) is 6.45. The summed E-state index contributed by atoms with van der Waals surface area (Å²) in [5.74, 6) is 0.655. The van der Waals surface area contributed by atoms with Crippen LogP contribution < -0.4 is 0 Å². The van der Waals surface area contributed by atoms with E-state index in [1.54, 1.807) is 11.8 Å². The lowest BCUT2D eigenvalue weighted by molar-refractivity contribution is -0.143. The number of hydrogen-bond acceptors (Lipinski definition) is 4. The number of fused-ring (bicyclic) bond motifs is 1. The van der Waals surface area contributed by atoms with Crippen molar-refractivity contribution < 1.29 is 9.53 Å². The summed E-state index contributed by atoms with van der Waals surface area (Å²) >= 11 is 15.7. The Labute approximate surface area is 166 Å². The molecule has 1 aromatic heterocycles. The quantitative estimate of drug-likeness (QED) is 0.149. The molecule has 0 bridgehead atoms. The van der Waals surface area contributed by atoms with E-state index >= 15 is 0 Å². The molecular formula is C13H12Br4N2O2S. The zero-order valence-corrected chi connectivity index (χ0v) is 18.7. The molecule has 22 heavy (non-hydrogen) atoms. The van der Waals surface area contributed by atoms with Crippen molar-refractivity contribution in [1.29, 1.82) is 0 Å². The zero-order chi connectivity index (χ0) is 16.3. The molecule has 1 aromatic carbocycles. The van der Waals surface area contributed by atoms with Gasteiger partial charge in [-0.05, 0) is 77.1 Å². The smallest absolute Gasteiger partial charge is 0.305 e. The van der Waals surface area contributed by atoms with Crippen molar-refractivity contribution in [3.8, 4) is 0 Å². The molecule has 0 atom stereocenters. The molecule has 0 saturated carbocycles. The van der Waals surface area contributed by atoms with Crippen LogP contribution in [0.2, 0.25) is 0 Å². The fourth-order valence-electron chi connectivity index (χ4n) is 1.76. The Kier molecular flexibility index (Phi) is 7.25. The fraction of sp³-hybridized carbons (Fsp3) is 0.385. The molecule has 0 amide bonds. The number of carbonyl (C=O) groups excluding carboxylic acids is 1. The molecule has 1 heterocycles. The van der Waals surface area contributed by atoms with Crippen LogP contribution in [0.3, 0.4) is 0 Å². The molecule has 0 unspecified atom stereocenters. The molecular weight excluding hydrogens is 568 g/mol. The maximum Gasteiger partial charge on any atom is 0.305 e. The second kappa shape index (κ2) is 8.50. The molecule has 2 aromatic rings. The number of rotatable bonds is 6. The third kappa shape index (κ3) is 4.28. The van der Waals surface area contributed by atoms with Crippen molar-refractivity contribution in [3.63, 3.8) is 0 Å². The molecule has 1 N–H and O–H groups in total. The van der Waals surface area contributed by atoms with Gasteiger partial charge in [-0.1, -0.05) is 11.8 Å². The SMILES string of the molecule is CCOC(=O)CCCSc1nc2c(Br)c(Br)c(Br)c(Br)c2[nH]1. The molecule has 0 fully saturated rings. The maximum absolute atomic E-state index is 11.3. The predicted molar refractivity (Wildman–Crippen MR) is 103 cm³/mol. The number of halogens is 4. The van der Waals surface area contributed by atoms with E-state index in [0.29, 0.717) is 13.0 Å². The number of nitrogens with one attached hydrogen (secondary N) is 1. The summed E-state index contributed by atoms with van der Waals surface area (Å²) in [6.45, 7) is 2.24. The second-order valence-electron chi connectivity index (χ2n) is 4.28. The Balaban J connectivity index is 2.06. The van der Waals surface area contributed by atoms with Gasteiger partial charge in [0.05, 0.1) is 21.1 Å². The van der Waals surface area contributed by atoms with E-state index in [4.69, 9.17) is 4.74 Å². The minimum Gasteiger partial charge on any atom is -0.466 e. The Hall–Kier alpha value is 0.430. The maximum atomic E-state index is 11.3. The number of aromatic nitrogens is 2. The van der Waals surface area contributed by atoms with Crippen LogP contribution in [0.15, 0.2) is 23.0 Å². The lowest BCUT2D eigenvalue weighted by Gasteiger charge is -2.03. The summed E-state index contributed by atoms with van der Waals surface area (Å²) in [6.07, 6.45) is 1.20. The fourth-order valence-corrected chi connectivity index (χ4v) is 4.86. The third-order valence-corrected chi connectivity index (χ3v) is 8.46. The van der Waals surface area contributed by atoms with Crippen molar-refractivity contribution in [3.05, 3.63) is 17.9 Å². The highest BCUT2D eigenvalue weighted by Gasteiger charge is 2.17. The van der Waals surface area contributed by atoms with Crippen molar-refractivity contribution in [1.82, 2.24) is 9.97 Å². The summed E-state index contributed by atoms with van der Waals surface area (Å²) in [4.78, 5) is 19.2. The monoisotopic (exact) mass is 576 g/mol. The Morgan fingerprint density at radius 3 is 2.55 bits per heavy atom. The summed E-state index contributed by atoms with van der Waals surface area (Å²) in [7, 11) is 0. The van der Waals surface area contributed by atoms with E-state index in [2.05, 4.69) is 73.7 Å². The van der Waals surface area contributed by atoms with Crippen molar-refractivity contribution in [2.24, 2.45) is 0 Å². The Morgan fingerprint density at radius 2 is 1.86 bits per heavy atom. The van der Waals surface area contributed by atoms with Gasteiger partial charge in [-0.15, -0.1) is 0 Å². The molecule has 0 aliphatic heterocycles. The summed E-state index contributed by atoms with van der Waals surface area (Å²) in [6, 6.07) is 0. The third-order valence-electron chi connectivity index (χ3n) is 2.76. The highest BCUT2D eigenvalue weighted by Crippen LogP contribution is 2.43. The average Bonchev–Trinajstić information content (AvgIpc) is 2.92. The summed E-state index contributed by atoms with van der Waals surface area (Å²) in [5.41, 5.74) is 1.78. The van der Waals surface area contributed by atoms with Gasteiger partial charge >= 0.3 is 5.97 Å². The van der Waals surface area contributed by atoms with Crippen LogP contribution in [0.25, 0.3) is 11.0 Å². The number of aromatic amines is 1. The van der Waals surface area contributed by atoms with Crippen LogP contribution >= 0.6 is 75.5 Å². The molecule has 0 spiro atoms. The van der Waals surface area contributed by atoms with E-state index < -0.39 is 0 Å². The minimum absolute atomic E-state index is 0.147. The van der Waals surface area contributed by atoms with Crippen LogP contribution in [-0.4, -0.2) is 28.3 Å². The topological polar surface area (TPSA) is 55.0 Å². The Morgan fingerprint density at radius 1 is 1.18 bits per heavy atom. The van der Waals surface area contributed by atoms with Crippen LogP contribution in [0.4, 0.5) is 0 Å². The number of benzene rings is 1. The van der Waals surface area contributed by atoms with Gasteiger partial charge in [-0.3, -0.25) is 4.79 Å². The van der Waals surface area contributed by atoms with Crippen molar-refractivity contribution >= 4 is 92.5 Å². The standard InChI is InChI=1S/C13H12Br4N2O2S/c1-2-21-6(20)4-3-5-22-13-18-11-9(16)7(14)8(15)10(17)12(11)19-13/h2-5H2,1H3,(H,18,19). The van der Waals surface area contributed by atoms with Gasteiger partial charge in [0.1, 0.15) is 5.52 Å². The number of thioether (sulfide) groups is 1. The summed E-state index contributed by atoms with van der Waals surface area (Å²) in [5, 5.41) is 0.824. The first-order valence-corrected chi connectivity index (χ1v) is 10.6. The van der Waals surface area contributed by atoms with Gasteiger partial charge < -0.3 is 9.72 Å². The largest absolute Gasteiger partial charge is 0.466 e.